The smallest absolute Gasteiger partial charge is 0.0377 e. The quantitative estimate of drug-likeness (QED) is 0.301. The molecule has 0 nitrogen and oxygen atoms in total. The maximum atomic E-state index is 3.56. The van der Waals surface area contributed by atoms with Gasteiger partial charge in [0.1, 0.15) is 0 Å². The molecule has 39 heavy (non-hydrogen) atoms. The van der Waals surface area contributed by atoms with Crippen LogP contribution in [0.25, 0.3) is 0 Å². The molecule has 0 heterocycles. The second-order valence-corrected chi connectivity index (χ2v) is 8.30. The van der Waals surface area contributed by atoms with Crippen LogP contribution < -0.4 is 0 Å². The monoisotopic (exact) mass is 547 g/mol. The van der Waals surface area contributed by atoms with E-state index >= 15 is 0 Å². The fourth-order valence-corrected chi connectivity index (χ4v) is 0.977. The summed E-state index contributed by atoms with van der Waals surface area (Å²) in [7, 11) is 0. The first kappa shape index (κ1) is 60.9. The van der Waals surface area contributed by atoms with Crippen molar-refractivity contribution in [1.29, 1.82) is 0 Å². The van der Waals surface area contributed by atoms with Crippen LogP contribution in [0.3, 0.4) is 0 Å². The molecule has 0 saturated carbocycles. The minimum Gasteiger partial charge on any atom is -0.106 e. The van der Waals surface area contributed by atoms with Gasteiger partial charge in [0.25, 0.3) is 0 Å². The van der Waals surface area contributed by atoms with Crippen molar-refractivity contribution in [2.24, 2.45) is 0 Å². The third kappa shape index (κ3) is 433. The summed E-state index contributed by atoms with van der Waals surface area (Å²) in [5, 5.41) is 0. The van der Waals surface area contributed by atoms with Crippen molar-refractivity contribution in [2.45, 2.75) is 143 Å². The highest BCUT2D eigenvalue weighted by molar-refractivity contribution is 4.91. The zero-order valence-corrected chi connectivity index (χ0v) is 30.3. The molecule has 0 bridgehead atoms. The van der Waals surface area contributed by atoms with Crippen LogP contribution in [0.4, 0.5) is 0 Å². The molecule has 0 aliphatic rings. The predicted molar refractivity (Wildman–Crippen MR) is 198 cm³/mol. The SMILES string of the molecule is C/C=C/C.C/C=C/CC.C=C.C=C(C)C.C=CC.C=CCC.CC/C=C/CC.CC=C(C)C.CCC=C(C)C. The van der Waals surface area contributed by atoms with E-state index in [2.05, 4.69) is 132 Å². The van der Waals surface area contributed by atoms with Gasteiger partial charge in [0.15, 0.2) is 0 Å². The maximum absolute atomic E-state index is 3.56. The number of hydrogen-bond donors (Lipinski definition) is 0. The van der Waals surface area contributed by atoms with E-state index in [1.165, 1.54) is 36.0 Å². The molecule has 0 spiro atoms. The summed E-state index contributed by atoms with van der Waals surface area (Å²) < 4.78 is 0. The summed E-state index contributed by atoms with van der Waals surface area (Å²) in [5.41, 5.74) is 3.96. The van der Waals surface area contributed by atoms with Crippen LogP contribution in [0.1, 0.15) is 143 Å². The Labute approximate surface area is 252 Å². The minimum atomic E-state index is 1.08. The molecular weight excluding hydrogens is 468 g/mol. The predicted octanol–water partition coefficient (Wildman–Crippen LogP) is 15.4. The van der Waals surface area contributed by atoms with Crippen LogP contribution in [-0.4, -0.2) is 0 Å². The van der Waals surface area contributed by atoms with Crippen LogP contribution in [-0.2, 0) is 0 Å². The fourth-order valence-electron chi connectivity index (χ4n) is 0.977. The Kier molecular flexibility index (Phi) is 143. The molecule has 0 radical (unpaired) electrons. The van der Waals surface area contributed by atoms with Gasteiger partial charge in [0.2, 0.25) is 0 Å². The summed E-state index contributed by atoms with van der Waals surface area (Å²) in [4.78, 5) is 0. The molecule has 0 aromatic heterocycles. The standard InChI is InChI=1S/2C6H12.2C5H10.3C4H8.C3H6.C2H4/c1-4-5-6(2)3;1-3-5-6-4-2;1-4-5(2)3;1-3-5-4-2;1-4(2)3;2*1-3-4-2;1-3-2;1-2/h5H,4H2,1-3H3;5-6H,3-4H2,1-2H3;4H,1-3H3;3,5H,4H2,1-2H3;1H2,2-3H3;3-4H,1-2H3;3H,1,4H2,2H3;3H,1H2,2H3;1-2H2/b;6-5+;;5-3+;;4-3+;;;. The van der Waals surface area contributed by atoms with E-state index in [0.29, 0.717) is 0 Å². The average molecular weight is 547 g/mol. The third-order valence-corrected chi connectivity index (χ3v) is 2.92. The van der Waals surface area contributed by atoms with Crippen molar-refractivity contribution in [3.8, 4) is 0 Å². The minimum absolute atomic E-state index is 1.08. The van der Waals surface area contributed by atoms with Gasteiger partial charge in [-0.2, -0.15) is 0 Å². The summed E-state index contributed by atoms with van der Waals surface area (Å²) in [6, 6.07) is 0. The molecule has 0 N–H and O–H groups in total. The summed E-state index contributed by atoms with van der Waals surface area (Å²) in [5.74, 6) is 0. The topological polar surface area (TPSA) is 0 Å². The summed E-state index contributed by atoms with van der Waals surface area (Å²) in [6.07, 6.45) is 26.2. The third-order valence-electron chi connectivity index (χ3n) is 2.92. The number of rotatable bonds is 5. The van der Waals surface area contributed by atoms with Crippen molar-refractivity contribution in [1.82, 2.24) is 0 Å². The van der Waals surface area contributed by atoms with E-state index in [-0.39, 0.29) is 0 Å². The van der Waals surface area contributed by atoms with Crippen LogP contribution in [0.2, 0.25) is 0 Å². The lowest BCUT2D eigenvalue weighted by Crippen LogP contribution is -1.58. The largest absolute Gasteiger partial charge is 0.106 e. The van der Waals surface area contributed by atoms with Gasteiger partial charge in [-0.3, -0.25) is 0 Å². The van der Waals surface area contributed by atoms with E-state index in [0.717, 1.165) is 12.8 Å². The van der Waals surface area contributed by atoms with E-state index < -0.39 is 0 Å². The van der Waals surface area contributed by atoms with Gasteiger partial charge in [0.05, 0.1) is 0 Å². The van der Waals surface area contributed by atoms with E-state index in [1.54, 1.807) is 6.08 Å². The first-order valence-electron chi connectivity index (χ1n) is 14.7. The van der Waals surface area contributed by atoms with Gasteiger partial charge in [-0.05, 0) is 108 Å². The van der Waals surface area contributed by atoms with Crippen molar-refractivity contribution >= 4 is 0 Å². The lowest BCUT2D eigenvalue weighted by molar-refractivity contribution is 1.16. The van der Waals surface area contributed by atoms with Gasteiger partial charge in [-0.15, -0.1) is 32.9 Å². The molecule has 0 saturated heterocycles. The second kappa shape index (κ2) is 91.3. The highest BCUT2D eigenvalue weighted by atomic mass is 13.7. The Morgan fingerprint density at radius 2 is 0.769 bits per heavy atom. The fraction of sp³-hybridized carbons (Fsp3) is 0.538. The summed E-state index contributed by atoms with van der Waals surface area (Å²) >= 11 is 0. The molecule has 0 rings (SSSR count). The van der Waals surface area contributed by atoms with Gasteiger partial charge < -0.3 is 0 Å². The van der Waals surface area contributed by atoms with Crippen LogP contribution in [0.5, 0.6) is 0 Å². The zero-order chi connectivity index (χ0) is 33.3. The highest BCUT2D eigenvalue weighted by Gasteiger charge is 1.67. The van der Waals surface area contributed by atoms with Crippen molar-refractivity contribution < 1.29 is 0 Å². The van der Waals surface area contributed by atoms with Crippen molar-refractivity contribution in [2.75, 3.05) is 0 Å². The van der Waals surface area contributed by atoms with Crippen molar-refractivity contribution in [3.63, 3.8) is 0 Å². The van der Waals surface area contributed by atoms with Crippen LogP contribution >= 0.6 is 0 Å². The van der Waals surface area contributed by atoms with Gasteiger partial charge in [0, 0.05) is 0 Å². The maximum Gasteiger partial charge on any atom is -0.0377 e. The molecule has 0 aromatic carbocycles. The van der Waals surface area contributed by atoms with Gasteiger partial charge >= 0.3 is 0 Å². The van der Waals surface area contributed by atoms with E-state index in [1.807, 2.05) is 66.7 Å². The van der Waals surface area contributed by atoms with E-state index in [9.17, 15) is 0 Å². The molecule has 0 aliphatic carbocycles. The second-order valence-electron chi connectivity index (χ2n) is 8.30. The lowest BCUT2D eigenvalue weighted by atomic mass is 10.3. The lowest BCUT2D eigenvalue weighted by Gasteiger charge is -1.80. The van der Waals surface area contributed by atoms with E-state index in [4.69, 9.17) is 0 Å². The molecule has 0 amide bonds. The van der Waals surface area contributed by atoms with Crippen LogP contribution in [0, 0.1) is 0 Å². The molecule has 0 aromatic rings. The Hall–Kier alpha value is -2.34. The molecular formula is C39H78. The highest BCUT2D eigenvalue weighted by Crippen LogP contribution is 1.89. The molecule has 0 aliphatic heterocycles. The number of hydrogen-bond acceptors (Lipinski definition) is 0. The number of allylic oxidation sites excluding steroid dienone is 13. The first-order valence-corrected chi connectivity index (χ1v) is 14.7. The van der Waals surface area contributed by atoms with Crippen molar-refractivity contribution in [3.05, 3.63) is 110 Å². The summed E-state index contributed by atoms with van der Waals surface area (Å²) in [6.45, 7) is 49.3. The van der Waals surface area contributed by atoms with Gasteiger partial charge in [-0.25, -0.2) is 0 Å². The average Bonchev–Trinajstić information content (AvgIpc) is 2.90. The van der Waals surface area contributed by atoms with Crippen LogP contribution in [0.15, 0.2) is 110 Å². The molecule has 0 atom stereocenters. The Morgan fingerprint density at radius 3 is 0.795 bits per heavy atom. The van der Waals surface area contributed by atoms with Gasteiger partial charge in [-0.1, -0.05) is 112 Å². The molecule has 0 fully saturated rings. The Bertz CT molecular complexity index is 496. The molecule has 0 unspecified atom stereocenters. The Balaban J connectivity index is -0.0000000376. The molecule has 234 valence electrons. The molecule has 0 heteroatoms. The zero-order valence-electron chi connectivity index (χ0n) is 30.3. The normalized spacial score (nSPS) is 7.69. The first-order chi connectivity index (χ1) is 18.3. The Morgan fingerprint density at radius 1 is 0.513 bits per heavy atom.